The second kappa shape index (κ2) is 6.02. The Kier molecular flexibility index (Phi) is 5.26. The van der Waals surface area contributed by atoms with Gasteiger partial charge in [0, 0.05) is 19.1 Å². The van der Waals surface area contributed by atoms with Gasteiger partial charge < -0.3 is 5.32 Å². The Morgan fingerprint density at radius 1 is 1.38 bits per heavy atom. The molecule has 1 rings (SSSR count). The Balaban J connectivity index is 2.49. The summed E-state index contributed by atoms with van der Waals surface area (Å²) in [4.78, 5) is 2.70. The lowest BCUT2D eigenvalue weighted by molar-refractivity contribution is 0.185. The van der Waals surface area contributed by atoms with Gasteiger partial charge in [-0.05, 0) is 37.8 Å². The van der Waals surface area contributed by atoms with Crippen molar-refractivity contribution in [2.24, 2.45) is 11.3 Å². The number of nitrogens with zero attached hydrogens (tertiary/aromatic N) is 1. The summed E-state index contributed by atoms with van der Waals surface area (Å²) in [5.74, 6) is 0.878. The molecule has 0 aromatic carbocycles. The molecule has 2 atom stereocenters. The van der Waals surface area contributed by atoms with Gasteiger partial charge in [0.25, 0.3) is 0 Å². The highest BCUT2D eigenvalue weighted by atomic mass is 15.2. The number of likely N-dealkylation sites (N-methyl/N-ethyl adjacent to an activating group) is 1. The Morgan fingerprint density at radius 2 is 2.06 bits per heavy atom. The summed E-state index contributed by atoms with van der Waals surface area (Å²) in [6.45, 7) is 13.2. The van der Waals surface area contributed by atoms with E-state index in [0.717, 1.165) is 18.5 Å². The van der Waals surface area contributed by atoms with Gasteiger partial charge in [-0.1, -0.05) is 34.1 Å². The van der Waals surface area contributed by atoms with Crippen LogP contribution in [-0.4, -0.2) is 37.6 Å². The standard InChI is InChI=1S/C14H30N2/c1-6-7-13(10-15-5)16-9-8-12(11-16)14(2,3)4/h12-13,15H,6-11H2,1-5H3. The number of nitrogens with one attached hydrogen (secondary N) is 1. The minimum absolute atomic E-state index is 0.477. The van der Waals surface area contributed by atoms with E-state index in [1.807, 2.05) is 0 Å². The molecule has 0 aromatic rings. The van der Waals surface area contributed by atoms with Crippen LogP contribution in [0.3, 0.4) is 0 Å². The van der Waals surface area contributed by atoms with Crippen LogP contribution >= 0.6 is 0 Å². The third-order valence-corrected chi connectivity index (χ3v) is 4.02. The lowest BCUT2D eigenvalue weighted by atomic mass is 9.80. The van der Waals surface area contributed by atoms with Gasteiger partial charge in [0.1, 0.15) is 0 Å². The average Bonchev–Trinajstić information content (AvgIpc) is 2.65. The fourth-order valence-corrected chi connectivity index (χ4v) is 2.81. The zero-order valence-corrected chi connectivity index (χ0v) is 11.8. The molecule has 16 heavy (non-hydrogen) atoms. The predicted octanol–water partition coefficient (Wildman–Crippen LogP) is 2.74. The van der Waals surface area contributed by atoms with E-state index in [4.69, 9.17) is 0 Å². The Bertz CT molecular complexity index is 189. The molecule has 0 amide bonds. The molecular formula is C14H30N2. The number of hydrogen-bond donors (Lipinski definition) is 1. The molecule has 0 aliphatic carbocycles. The first-order chi connectivity index (χ1) is 7.49. The monoisotopic (exact) mass is 226 g/mol. The first-order valence-corrected chi connectivity index (χ1v) is 6.87. The molecule has 0 radical (unpaired) electrons. The summed E-state index contributed by atoms with van der Waals surface area (Å²) in [5, 5.41) is 3.34. The topological polar surface area (TPSA) is 15.3 Å². The molecule has 2 unspecified atom stereocenters. The zero-order valence-electron chi connectivity index (χ0n) is 11.8. The average molecular weight is 226 g/mol. The molecule has 0 aromatic heterocycles. The van der Waals surface area contributed by atoms with E-state index in [2.05, 4.69) is 45.0 Å². The molecule has 1 heterocycles. The largest absolute Gasteiger partial charge is 0.318 e. The summed E-state index contributed by atoms with van der Waals surface area (Å²) in [6, 6.07) is 0.752. The van der Waals surface area contributed by atoms with Crippen LogP contribution in [0.4, 0.5) is 0 Å². The van der Waals surface area contributed by atoms with Crippen LogP contribution in [0.2, 0.25) is 0 Å². The van der Waals surface area contributed by atoms with Gasteiger partial charge in [0.05, 0.1) is 0 Å². The molecule has 1 aliphatic rings. The third kappa shape index (κ3) is 3.74. The van der Waals surface area contributed by atoms with E-state index in [-0.39, 0.29) is 0 Å². The Labute approximate surface area is 102 Å². The minimum atomic E-state index is 0.477. The van der Waals surface area contributed by atoms with Crippen LogP contribution in [-0.2, 0) is 0 Å². The van der Waals surface area contributed by atoms with Crippen LogP contribution < -0.4 is 5.32 Å². The van der Waals surface area contributed by atoms with Crippen LogP contribution in [0.15, 0.2) is 0 Å². The fraction of sp³-hybridized carbons (Fsp3) is 1.00. The van der Waals surface area contributed by atoms with Gasteiger partial charge in [0.2, 0.25) is 0 Å². The van der Waals surface area contributed by atoms with Crippen LogP contribution in [0.25, 0.3) is 0 Å². The van der Waals surface area contributed by atoms with Gasteiger partial charge in [-0.3, -0.25) is 4.90 Å². The SMILES string of the molecule is CCCC(CNC)N1CCC(C(C)(C)C)C1. The number of likely N-dealkylation sites (tertiary alicyclic amines) is 1. The first kappa shape index (κ1) is 14.0. The van der Waals surface area contributed by atoms with Crippen molar-refractivity contribution in [2.75, 3.05) is 26.7 Å². The summed E-state index contributed by atoms with van der Waals surface area (Å²) in [7, 11) is 2.07. The second-order valence-electron chi connectivity index (χ2n) is 6.35. The van der Waals surface area contributed by atoms with E-state index in [1.165, 1.54) is 32.4 Å². The van der Waals surface area contributed by atoms with E-state index in [9.17, 15) is 0 Å². The lowest BCUT2D eigenvalue weighted by Gasteiger charge is -2.30. The van der Waals surface area contributed by atoms with Crippen LogP contribution in [0.5, 0.6) is 0 Å². The van der Waals surface area contributed by atoms with E-state index in [1.54, 1.807) is 0 Å². The fourth-order valence-electron chi connectivity index (χ4n) is 2.81. The van der Waals surface area contributed by atoms with Gasteiger partial charge in [-0.25, -0.2) is 0 Å². The predicted molar refractivity (Wildman–Crippen MR) is 71.8 cm³/mol. The van der Waals surface area contributed by atoms with E-state index in [0.29, 0.717) is 5.41 Å². The maximum Gasteiger partial charge on any atom is 0.0220 e. The van der Waals surface area contributed by atoms with Crippen LogP contribution in [0, 0.1) is 11.3 Å². The highest BCUT2D eigenvalue weighted by Crippen LogP contribution is 2.34. The van der Waals surface area contributed by atoms with Crippen molar-refractivity contribution in [1.29, 1.82) is 0 Å². The summed E-state index contributed by atoms with van der Waals surface area (Å²) in [5.41, 5.74) is 0.477. The maximum atomic E-state index is 3.34. The quantitative estimate of drug-likeness (QED) is 0.775. The Hall–Kier alpha value is -0.0800. The van der Waals surface area contributed by atoms with Crippen molar-refractivity contribution in [1.82, 2.24) is 10.2 Å². The number of rotatable bonds is 5. The summed E-state index contributed by atoms with van der Waals surface area (Å²) in [6.07, 6.45) is 4.01. The highest BCUT2D eigenvalue weighted by molar-refractivity contribution is 4.87. The Morgan fingerprint density at radius 3 is 2.50 bits per heavy atom. The molecule has 0 bridgehead atoms. The minimum Gasteiger partial charge on any atom is -0.318 e. The first-order valence-electron chi connectivity index (χ1n) is 6.87. The molecule has 1 N–H and O–H groups in total. The summed E-state index contributed by atoms with van der Waals surface area (Å²) < 4.78 is 0. The van der Waals surface area contributed by atoms with E-state index >= 15 is 0 Å². The molecule has 0 spiro atoms. The molecule has 1 fully saturated rings. The van der Waals surface area contributed by atoms with Crippen molar-refractivity contribution in [3.05, 3.63) is 0 Å². The third-order valence-electron chi connectivity index (χ3n) is 4.02. The van der Waals surface area contributed by atoms with Gasteiger partial charge in [-0.2, -0.15) is 0 Å². The molecule has 1 aliphatic heterocycles. The number of hydrogen-bond acceptors (Lipinski definition) is 2. The molecule has 1 saturated heterocycles. The molecule has 96 valence electrons. The van der Waals surface area contributed by atoms with E-state index < -0.39 is 0 Å². The molecule has 2 nitrogen and oxygen atoms in total. The second-order valence-corrected chi connectivity index (χ2v) is 6.35. The van der Waals surface area contributed by atoms with Crippen LogP contribution in [0.1, 0.15) is 47.0 Å². The van der Waals surface area contributed by atoms with Crippen molar-refractivity contribution in [3.8, 4) is 0 Å². The molecule has 2 heteroatoms. The lowest BCUT2D eigenvalue weighted by Crippen LogP contribution is -2.40. The van der Waals surface area contributed by atoms with Crippen molar-refractivity contribution in [2.45, 2.75) is 53.0 Å². The van der Waals surface area contributed by atoms with Gasteiger partial charge in [0.15, 0.2) is 0 Å². The molecular weight excluding hydrogens is 196 g/mol. The smallest absolute Gasteiger partial charge is 0.0220 e. The molecule has 0 saturated carbocycles. The van der Waals surface area contributed by atoms with Gasteiger partial charge >= 0.3 is 0 Å². The van der Waals surface area contributed by atoms with Crippen molar-refractivity contribution >= 4 is 0 Å². The van der Waals surface area contributed by atoms with Crippen molar-refractivity contribution < 1.29 is 0 Å². The maximum absolute atomic E-state index is 3.34. The summed E-state index contributed by atoms with van der Waals surface area (Å²) >= 11 is 0. The normalized spacial score (nSPS) is 24.9. The zero-order chi connectivity index (χ0) is 12.2. The highest BCUT2D eigenvalue weighted by Gasteiger charge is 2.34. The van der Waals surface area contributed by atoms with Gasteiger partial charge in [-0.15, -0.1) is 0 Å². The van der Waals surface area contributed by atoms with Crippen molar-refractivity contribution in [3.63, 3.8) is 0 Å².